The SMILES string of the molecule is Cc1ccccc1CNC1CCN(C(=O)C(C)(C)C)CC1. The zero-order valence-electron chi connectivity index (χ0n) is 13.8. The van der Waals surface area contributed by atoms with Crippen LogP contribution < -0.4 is 5.32 Å². The first-order chi connectivity index (χ1) is 9.88. The average Bonchev–Trinajstić information content (AvgIpc) is 2.45. The maximum atomic E-state index is 12.3. The van der Waals surface area contributed by atoms with Crippen LogP contribution in [0.15, 0.2) is 24.3 Å². The van der Waals surface area contributed by atoms with Crippen LogP contribution in [0, 0.1) is 12.3 Å². The fourth-order valence-corrected chi connectivity index (χ4v) is 2.82. The number of benzene rings is 1. The summed E-state index contributed by atoms with van der Waals surface area (Å²) in [5.74, 6) is 0.278. The molecule has 0 atom stereocenters. The number of piperidine rings is 1. The third-order valence-corrected chi connectivity index (χ3v) is 4.27. The number of carbonyl (C=O) groups is 1. The molecule has 21 heavy (non-hydrogen) atoms. The number of hydrogen-bond acceptors (Lipinski definition) is 2. The minimum absolute atomic E-state index is 0.262. The van der Waals surface area contributed by atoms with Crippen LogP contribution in [-0.4, -0.2) is 29.9 Å². The van der Waals surface area contributed by atoms with E-state index in [-0.39, 0.29) is 11.3 Å². The Hall–Kier alpha value is -1.35. The van der Waals surface area contributed by atoms with Gasteiger partial charge in [-0.2, -0.15) is 0 Å². The molecule has 0 bridgehead atoms. The first-order valence-corrected chi connectivity index (χ1v) is 7.95. The van der Waals surface area contributed by atoms with Crippen molar-refractivity contribution in [2.24, 2.45) is 5.41 Å². The van der Waals surface area contributed by atoms with E-state index in [1.165, 1.54) is 11.1 Å². The molecule has 0 radical (unpaired) electrons. The molecule has 116 valence electrons. The number of rotatable bonds is 3. The quantitative estimate of drug-likeness (QED) is 0.927. The van der Waals surface area contributed by atoms with Gasteiger partial charge in [0.15, 0.2) is 0 Å². The van der Waals surface area contributed by atoms with Crippen molar-refractivity contribution in [3.63, 3.8) is 0 Å². The summed E-state index contributed by atoms with van der Waals surface area (Å²) in [5.41, 5.74) is 2.44. The first kappa shape index (κ1) is 16.0. The van der Waals surface area contributed by atoms with Crippen molar-refractivity contribution >= 4 is 5.91 Å². The summed E-state index contributed by atoms with van der Waals surface area (Å²) in [7, 11) is 0. The zero-order chi connectivity index (χ0) is 15.5. The molecule has 0 spiro atoms. The lowest BCUT2D eigenvalue weighted by Crippen LogP contribution is -2.48. The van der Waals surface area contributed by atoms with E-state index in [1.54, 1.807) is 0 Å². The molecular formula is C18H28N2O. The van der Waals surface area contributed by atoms with Crippen molar-refractivity contribution in [1.82, 2.24) is 10.2 Å². The summed E-state index contributed by atoms with van der Waals surface area (Å²) in [6.45, 7) is 10.8. The van der Waals surface area contributed by atoms with Crippen LogP contribution in [-0.2, 0) is 11.3 Å². The molecule has 1 N–H and O–H groups in total. The van der Waals surface area contributed by atoms with E-state index < -0.39 is 0 Å². The lowest BCUT2D eigenvalue weighted by Gasteiger charge is -2.36. The van der Waals surface area contributed by atoms with E-state index in [1.807, 2.05) is 25.7 Å². The normalized spacial score (nSPS) is 17.0. The van der Waals surface area contributed by atoms with Gasteiger partial charge in [0.1, 0.15) is 0 Å². The molecule has 0 unspecified atom stereocenters. The van der Waals surface area contributed by atoms with Crippen molar-refractivity contribution in [2.75, 3.05) is 13.1 Å². The van der Waals surface area contributed by atoms with Gasteiger partial charge in [-0.25, -0.2) is 0 Å². The lowest BCUT2D eigenvalue weighted by molar-refractivity contribution is -0.140. The van der Waals surface area contributed by atoms with Crippen molar-refractivity contribution in [2.45, 2.75) is 53.1 Å². The minimum Gasteiger partial charge on any atom is -0.342 e. The smallest absolute Gasteiger partial charge is 0.227 e. The summed E-state index contributed by atoms with van der Waals surface area (Å²) < 4.78 is 0. The maximum absolute atomic E-state index is 12.3. The minimum atomic E-state index is -0.262. The third-order valence-electron chi connectivity index (χ3n) is 4.27. The van der Waals surface area contributed by atoms with Crippen LogP contribution in [0.25, 0.3) is 0 Å². The molecule has 1 aromatic rings. The van der Waals surface area contributed by atoms with Crippen LogP contribution in [0.5, 0.6) is 0 Å². The Kier molecular flexibility index (Phi) is 5.04. The van der Waals surface area contributed by atoms with Gasteiger partial charge in [-0.1, -0.05) is 45.0 Å². The van der Waals surface area contributed by atoms with Gasteiger partial charge in [0.2, 0.25) is 5.91 Å². The topological polar surface area (TPSA) is 32.3 Å². The Morgan fingerprint density at radius 3 is 2.43 bits per heavy atom. The second-order valence-corrected chi connectivity index (χ2v) is 7.12. The second-order valence-electron chi connectivity index (χ2n) is 7.12. The fraction of sp³-hybridized carbons (Fsp3) is 0.611. The third kappa shape index (κ3) is 4.31. The molecule has 1 aliphatic heterocycles. The van der Waals surface area contributed by atoms with Gasteiger partial charge in [-0.05, 0) is 30.9 Å². The summed E-state index contributed by atoms with van der Waals surface area (Å²) in [5, 5.41) is 3.64. The van der Waals surface area contributed by atoms with Gasteiger partial charge >= 0.3 is 0 Å². The predicted molar refractivity (Wildman–Crippen MR) is 87.1 cm³/mol. The van der Waals surface area contributed by atoms with Crippen molar-refractivity contribution in [1.29, 1.82) is 0 Å². The second kappa shape index (κ2) is 6.61. The highest BCUT2D eigenvalue weighted by Gasteiger charge is 2.30. The van der Waals surface area contributed by atoms with Crippen molar-refractivity contribution < 1.29 is 4.79 Å². The fourth-order valence-electron chi connectivity index (χ4n) is 2.82. The molecule has 1 aliphatic rings. The van der Waals surface area contributed by atoms with Crippen molar-refractivity contribution in [3.05, 3.63) is 35.4 Å². The molecule has 2 rings (SSSR count). The lowest BCUT2D eigenvalue weighted by atomic mass is 9.93. The summed E-state index contributed by atoms with van der Waals surface area (Å²) in [6, 6.07) is 9.03. The van der Waals surface area contributed by atoms with Gasteiger partial charge in [-0.15, -0.1) is 0 Å². The molecule has 1 heterocycles. The highest BCUT2D eigenvalue weighted by Crippen LogP contribution is 2.21. The van der Waals surface area contributed by atoms with Crippen LogP contribution >= 0.6 is 0 Å². The number of amides is 1. The number of nitrogens with one attached hydrogen (secondary N) is 1. The van der Waals surface area contributed by atoms with E-state index in [4.69, 9.17) is 0 Å². The Morgan fingerprint density at radius 2 is 1.86 bits per heavy atom. The number of likely N-dealkylation sites (tertiary alicyclic amines) is 1. The van der Waals surface area contributed by atoms with E-state index in [0.717, 1.165) is 32.5 Å². The molecule has 1 fully saturated rings. The first-order valence-electron chi connectivity index (χ1n) is 7.95. The maximum Gasteiger partial charge on any atom is 0.227 e. The highest BCUT2D eigenvalue weighted by atomic mass is 16.2. The molecule has 0 aromatic heterocycles. The standard InChI is InChI=1S/C18H28N2O/c1-14-7-5-6-8-15(14)13-19-16-9-11-20(12-10-16)17(21)18(2,3)4/h5-8,16,19H,9-13H2,1-4H3. The molecule has 3 nitrogen and oxygen atoms in total. The van der Waals surface area contributed by atoms with Gasteiger partial charge in [-0.3, -0.25) is 4.79 Å². The number of nitrogens with zero attached hydrogens (tertiary/aromatic N) is 1. The summed E-state index contributed by atoms with van der Waals surface area (Å²) in [6.07, 6.45) is 2.10. The van der Waals surface area contributed by atoms with Crippen LogP contribution in [0.2, 0.25) is 0 Å². The molecule has 1 aromatic carbocycles. The molecule has 0 aliphatic carbocycles. The highest BCUT2D eigenvalue weighted by molar-refractivity contribution is 5.81. The van der Waals surface area contributed by atoms with Crippen molar-refractivity contribution in [3.8, 4) is 0 Å². The molecule has 3 heteroatoms. The van der Waals surface area contributed by atoms with Crippen LogP contribution in [0.3, 0.4) is 0 Å². The number of hydrogen-bond donors (Lipinski definition) is 1. The van der Waals surface area contributed by atoms with Crippen LogP contribution in [0.1, 0.15) is 44.7 Å². The molecular weight excluding hydrogens is 260 g/mol. The van der Waals surface area contributed by atoms with Gasteiger partial charge in [0.05, 0.1) is 0 Å². The van der Waals surface area contributed by atoms with E-state index in [0.29, 0.717) is 6.04 Å². The number of carbonyl (C=O) groups excluding carboxylic acids is 1. The van der Waals surface area contributed by atoms with E-state index in [2.05, 4.69) is 36.5 Å². The Balaban J connectivity index is 1.80. The van der Waals surface area contributed by atoms with Gasteiger partial charge in [0.25, 0.3) is 0 Å². The van der Waals surface area contributed by atoms with E-state index in [9.17, 15) is 4.79 Å². The molecule has 1 amide bonds. The summed E-state index contributed by atoms with van der Waals surface area (Å²) in [4.78, 5) is 14.3. The number of aryl methyl sites for hydroxylation is 1. The van der Waals surface area contributed by atoms with Gasteiger partial charge < -0.3 is 10.2 Å². The largest absolute Gasteiger partial charge is 0.342 e. The Morgan fingerprint density at radius 1 is 1.24 bits per heavy atom. The van der Waals surface area contributed by atoms with Crippen LogP contribution in [0.4, 0.5) is 0 Å². The summed E-state index contributed by atoms with van der Waals surface area (Å²) >= 11 is 0. The Bertz CT molecular complexity index is 482. The monoisotopic (exact) mass is 288 g/mol. The van der Waals surface area contributed by atoms with E-state index >= 15 is 0 Å². The zero-order valence-corrected chi connectivity index (χ0v) is 13.8. The Labute approximate surface area is 128 Å². The average molecular weight is 288 g/mol. The molecule has 0 saturated carbocycles. The van der Waals surface area contributed by atoms with Gasteiger partial charge in [0, 0.05) is 31.1 Å². The molecule has 1 saturated heterocycles. The predicted octanol–water partition coefficient (Wildman–Crippen LogP) is 3.12.